The van der Waals surface area contributed by atoms with E-state index in [0.717, 1.165) is 36.5 Å². The van der Waals surface area contributed by atoms with Crippen LogP contribution in [-0.2, 0) is 6.54 Å². The molecule has 4 aromatic rings. The molecule has 10 heteroatoms. The average Bonchev–Trinajstić information content (AvgIpc) is 3.56. The molecule has 0 spiro atoms. The highest BCUT2D eigenvalue weighted by Crippen LogP contribution is 2.40. The van der Waals surface area contributed by atoms with Crippen molar-refractivity contribution in [2.24, 2.45) is 0 Å². The Kier molecular flexibility index (Phi) is 6.28. The van der Waals surface area contributed by atoms with Gasteiger partial charge in [0.05, 0.1) is 38.9 Å². The fourth-order valence-electron chi connectivity index (χ4n) is 4.42. The lowest BCUT2D eigenvalue weighted by Gasteiger charge is -2.34. The normalized spacial score (nSPS) is 14.3. The van der Waals surface area contributed by atoms with Gasteiger partial charge in [-0.2, -0.15) is 5.10 Å². The molecular formula is C25H28N6O4. The number of amides is 1. The van der Waals surface area contributed by atoms with Gasteiger partial charge in [-0.15, -0.1) is 0 Å². The van der Waals surface area contributed by atoms with E-state index in [2.05, 4.69) is 24.5 Å². The van der Waals surface area contributed by atoms with E-state index in [1.807, 2.05) is 47.6 Å². The number of pyridine rings is 1. The number of aromatic nitrogens is 4. The molecule has 0 bridgehead atoms. The molecule has 0 aliphatic carbocycles. The first-order chi connectivity index (χ1) is 17.1. The molecule has 5 rings (SSSR count). The number of H-pyrrole nitrogens is 1. The molecule has 1 saturated heterocycles. The van der Waals surface area contributed by atoms with Crippen LogP contribution in [0.25, 0.3) is 16.9 Å². The number of hydrogen-bond acceptors (Lipinski definition) is 7. The quantitative estimate of drug-likeness (QED) is 0.438. The van der Waals surface area contributed by atoms with E-state index >= 15 is 0 Å². The number of carbonyl (C=O) groups excluding carboxylic acids is 1. The van der Waals surface area contributed by atoms with Crippen molar-refractivity contribution >= 4 is 11.6 Å². The highest BCUT2D eigenvalue weighted by Gasteiger charge is 2.25. The number of piperazine rings is 1. The SMILES string of the molecule is COc1cc(-c2cc(C(=O)N3CCN(Cc4cnc5ccccn45)CC3)[nH]n2)cc(OC)c1OC. The van der Waals surface area contributed by atoms with Gasteiger partial charge in [0, 0.05) is 44.5 Å². The molecular weight excluding hydrogens is 448 g/mol. The van der Waals surface area contributed by atoms with Gasteiger partial charge in [-0.25, -0.2) is 4.98 Å². The molecule has 1 aromatic carbocycles. The minimum absolute atomic E-state index is 0.0642. The Hall–Kier alpha value is -4.05. The molecule has 0 atom stereocenters. The van der Waals surface area contributed by atoms with Crippen molar-refractivity contribution in [1.29, 1.82) is 0 Å². The zero-order valence-corrected chi connectivity index (χ0v) is 20.0. The number of carbonyl (C=O) groups is 1. The van der Waals surface area contributed by atoms with Crippen LogP contribution in [0.2, 0.25) is 0 Å². The van der Waals surface area contributed by atoms with Gasteiger partial charge in [0.25, 0.3) is 5.91 Å². The number of methoxy groups -OCH3 is 3. The van der Waals surface area contributed by atoms with Gasteiger partial charge in [-0.05, 0) is 30.3 Å². The largest absolute Gasteiger partial charge is 0.493 e. The Morgan fingerprint density at radius 3 is 2.43 bits per heavy atom. The molecule has 1 fully saturated rings. The van der Waals surface area contributed by atoms with Gasteiger partial charge in [-0.1, -0.05) is 6.07 Å². The van der Waals surface area contributed by atoms with Crippen molar-refractivity contribution in [1.82, 2.24) is 29.4 Å². The zero-order valence-electron chi connectivity index (χ0n) is 20.0. The van der Waals surface area contributed by atoms with E-state index in [4.69, 9.17) is 14.2 Å². The highest BCUT2D eigenvalue weighted by atomic mass is 16.5. The standard InChI is InChI=1S/C25H28N6O4/c1-33-21-12-17(13-22(34-2)24(21)35-3)19-14-20(28-27-19)25(32)30-10-8-29(9-11-30)16-18-15-26-23-6-4-5-7-31(18)23/h4-7,12-15H,8-11,16H2,1-3H3,(H,27,28). The minimum atomic E-state index is -0.0642. The van der Waals surface area contributed by atoms with Gasteiger partial charge in [0.2, 0.25) is 5.75 Å². The van der Waals surface area contributed by atoms with E-state index in [1.54, 1.807) is 27.4 Å². The molecule has 35 heavy (non-hydrogen) atoms. The first-order valence-electron chi connectivity index (χ1n) is 11.4. The van der Waals surface area contributed by atoms with Gasteiger partial charge in [0.1, 0.15) is 11.3 Å². The summed E-state index contributed by atoms with van der Waals surface area (Å²) in [4.78, 5) is 21.8. The van der Waals surface area contributed by atoms with Crippen LogP contribution >= 0.6 is 0 Å². The van der Waals surface area contributed by atoms with E-state index < -0.39 is 0 Å². The van der Waals surface area contributed by atoms with Gasteiger partial charge >= 0.3 is 0 Å². The monoisotopic (exact) mass is 476 g/mol. The number of rotatable bonds is 7. The third-order valence-electron chi connectivity index (χ3n) is 6.31. The lowest BCUT2D eigenvalue weighted by Crippen LogP contribution is -2.48. The topological polar surface area (TPSA) is 97.2 Å². The first-order valence-corrected chi connectivity index (χ1v) is 11.4. The van der Waals surface area contributed by atoms with Crippen molar-refractivity contribution in [2.45, 2.75) is 6.54 Å². The highest BCUT2D eigenvalue weighted by molar-refractivity contribution is 5.93. The molecule has 0 saturated carbocycles. The summed E-state index contributed by atoms with van der Waals surface area (Å²) in [6, 6.07) is 11.4. The molecule has 10 nitrogen and oxygen atoms in total. The Balaban J connectivity index is 1.25. The van der Waals surface area contributed by atoms with E-state index in [1.165, 1.54) is 0 Å². The predicted octanol–water partition coefficient (Wildman–Crippen LogP) is 2.71. The Morgan fingerprint density at radius 1 is 1.00 bits per heavy atom. The van der Waals surface area contributed by atoms with E-state index in [0.29, 0.717) is 41.7 Å². The van der Waals surface area contributed by atoms with Crippen LogP contribution in [0, 0.1) is 0 Å². The fraction of sp³-hybridized carbons (Fsp3) is 0.320. The van der Waals surface area contributed by atoms with Crippen molar-refractivity contribution in [2.75, 3.05) is 47.5 Å². The maximum absolute atomic E-state index is 13.1. The number of nitrogens with zero attached hydrogens (tertiary/aromatic N) is 5. The summed E-state index contributed by atoms with van der Waals surface area (Å²) in [5, 5.41) is 7.25. The van der Waals surface area contributed by atoms with Crippen LogP contribution in [0.15, 0.2) is 48.8 Å². The molecule has 182 valence electrons. The van der Waals surface area contributed by atoms with Crippen LogP contribution in [0.4, 0.5) is 0 Å². The molecule has 1 N–H and O–H groups in total. The molecule has 3 aromatic heterocycles. The van der Waals surface area contributed by atoms with Crippen molar-refractivity contribution in [3.8, 4) is 28.5 Å². The molecule has 1 aliphatic rings. The van der Waals surface area contributed by atoms with Crippen LogP contribution < -0.4 is 14.2 Å². The van der Waals surface area contributed by atoms with Gasteiger partial charge in [-0.3, -0.25) is 14.8 Å². The second kappa shape index (κ2) is 9.67. The summed E-state index contributed by atoms with van der Waals surface area (Å²) >= 11 is 0. The van der Waals surface area contributed by atoms with E-state index in [-0.39, 0.29) is 5.91 Å². The third-order valence-corrected chi connectivity index (χ3v) is 6.31. The minimum Gasteiger partial charge on any atom is -0.493 e. The number of nitrogens with one attached hydrogen (secondary N) is 1. The molecule has 0 radical (unpaired) electrons. The zero-order chi connectivity index (χ0) is 24.4. The number of imidazole rings is 1. The number of aromatic amines is 1. The number of ether oxygens (including phenoxy) is 3. The fourth-order valence-corrected chi connectivity index (χ4v) is 4.42. The molecule has 4 heterocycles. The van der Waals surface area contributed by atoms with Crippen LogP contribution in [0.5, 0.6) is 17.2 Å². The number of fused-ring (bicyclic) bond motifs is 1. The van der Waals surface area contributed by atoms with Crippen molar-refractivity contribution in [3.05, 3.63) is 60.2 Å². The van der Waals surface area contributed by atoms with Gasteiger partial charge < -0.3 is 23.5 Å². The Morgan fingerprint density at radius 2 is 1.74 bits per heavy atom. The maximum atomic E-state index is 13.1. The second-order valence-corrected chi connectivity index (χ2v) is 8.33. The van der Waals surface area contributed by atoms with E-state index in [9.17, 15) is 4.79 Å². The lowest BCUT2D eigenvalue weighted by atomic mass is 10.1. The predicted molar refractivity (Wildman–Crippen MR) is 130 cm³/mol. The summed E-state index contributed by atoms with van der Waals surface area (Å²) in [6.07, 6.45) is 3.95. The second-order valence-electron chi connectivity index (χ2n) is 8.33. The summed E-state index contributed by atoms with van der Waals surface area (Å²) in [6.45, 7) is 3.67. The summed E-state index contributed by atoms with van der Waals surface area (Å²) in [5.41, 5.74) is 3.91. The van der Waals surface area contributed by atoms with Crippen molar-refractivity contribution < 1.29 is 19.0 Å². The van der Waals surface area contributed by atoms with Crippen LogP contribution in [0.3, 0.4) is 0 Å². The number of benzene rings is 1. The third kappa shape index (κ3) is 4.40. The number of hydrogen-bond donors (Lipinski definition) is 1. The van der Waals surface area contributed by atoms with Gasteiger partial charge in [0.15, 0.2) is 11.5 Å². The smallest absolute Gasteiger partial charge is 0.271 e. The Labute approximate surface area is 203 Å². The summed E-state index contributed by atoms with van der Waals surface area (Å²) < 4.78 is 18.4. The summed E-state index contributed by atoms with van der Waals surface area (Å²) in [5.74, 6) is 1.50. The van der Waals surface area contributed by atoms with Crippen LogP contribution in [-0.4, -0.2) is 82.8 Å². The average molecular weight is 477 g/mol. The molecule has 0 unspecified atom stereocenters. The van der Waals surface area contributed by atoms with Crippen molar-refractivity contribution in [3.63, 3.8) is 0 Å². The maximum Gasteiger partial charge on any atom is 0.271 e. The summed E-state index contributed by atoms with van der Waals surface area (Å²) in [7, 11) is 4.69. The van der Waals surface area contributed by atoms with Crippen LogP contribution in [0.1, 0.15) is 16.2 Å². The first kappa shape index (κ1) is 22.7. The lowest BCUT2D eigenvalue weighted by molar-refractivity contribution is 0.0621. The molecule has 1 aliphatic heterocycles. The molecule has 1 amide bonds. The Bertz CT molecular complexity index is 1310.